The Morgan fingerprint density at radius 2 is 1.36 bits per heavy atom. The van der Waals surface area contributed by atoms with Crippen LogP contribution in [0, 0.1) is 0 Å². The molecule has 0 atom stereocenters. The molecule has 118 valence electrons. The van der Waals surface area contributed by atoms with E-state index in [1.54, 1.807) is 0 Å². The number of benzene rings is 2. The van der Waals surface area contributed by atoms with Gasteiger partial charge in [0.05, 0.1) is 13.2 Å². The third-order valence-corrected chi connectivity index (χ3v) is 3.41. The summed E-state index contributed by atoms with van der Waals surface area (Å²) in [5, 5.41) is 18.0. The maximum atomic E-state index is 9.02. The predicted octanol–water partition coefficient (Wildman–Crippen LogP) is 2.05. The van der Waals surface area contributed by atoms with E-state index >= 15 is 0 Å². The molecule has 0 unspecified atom stereocenters. The van der Waals surface area contributed by atoms with Gasteiger partial charge in [0.15, 0.2) is 0 Å². The quantitative estimate of drug-likeness (QED) is 0.744. The summed E-state index contributed by atoms with van der Waals surface area (Å²) in [6, 6.07) is 18.0. The number of ether oxygens (including phenoxy) is 1. The lowest BCUT2D eigenvalue weighted by Crippen LogP contribution is -2.29. The second-order valence-corrected chi connectivity index (χ2v) is 5.14. The number of aliphatic hydroxyl groups is 2. The van der Waals surface area contributed by atoms with E-state index < -0.39 is 0 Å². The first kappa shape index (κ1) is 16.5. The van der Waals surface area contributed by atoms with Crippen molar-refractivity contribution >= 4 is 0 Å². The Bertz CT molecular complexity index is 522. The largest absolute Gasteiger partial charge is 0.489 e. The molecule has 4 heteroatoms. The maximum absolute atomic E-state index is 9.02. The predicted molar refractivity (Wildman–Crippen MR) is 86.7 cm³/mol. The Balaban J connectivity index is 1.86. The molecule has 0 aliphatic carbocycles. The van der Waals surface area contributed by atoms with Crippen molar-refractivity contribution in [1.29, 1.82) is 0 Å². The van der Waals surface area contributed by atoms with Gasteiger partial charge in [-0.15, -0.1) is 0 Å². The van der Waals surface area contributed by atoms with Crippen molar-refractivity contribution in [3.05, 3.63) is 65.7 Å². The van der Waals surface area contributed by atoms with Crippen molar-refractivity contribution in [2.24, 2.45) is 0 Å². The van der Waals surface area contributed by atoms with Gasteiger partial charge < -0.3 is 14.9 Å². The minimum atomic E-state index is 0.100. The van der Waals surface area contributed by atoms with Crippen molar-refractivity contribution in [2.75, 3.05) is 26.3 Å². The van der Waals surface area contributed by atoms with Gasteiger partial charge in [-0.3, -0.25) is 4.90 Å². The number of aliphatic hydroxyl groups excluding tert-OH is 2. The van der Waals surface area contributed by atoms with Crippen LogP contribution >= 0.6 is 0 Å². The molecule has 0 heterocycles. The van der Waals surface area contributed by atoms with Crippen molar-refractivity contribution in [3.8, 4) is 5.75 Å². The van der Waals surface area contributed by atoms with Gasteiger partial charge >= 0.3 is 0 Å². The molecule has 2 aromatic rings. The topological polar surface area (TPSA) is 52.9 Å². The molecule has 0 aliphatic heterocycles. The lowest BCUT2D eigenvalue weighted by Gasteiger charge is -2.20. The highest BCUT2D eigenvalue weighted by atomic mass is 16.5. The summed E-state index contributed by atoms with van der Waals surface area (Å²) >= 11 is 0. The van der Waals surface area contributed by atoms with E-state index in [1.165, 1.54) is 0 Å². The molecule has 0 amide bonds. The smallest absolute Gasteiger partial charge is 0.119 e. The average molecular weight is 301 g/mol. The van der Waals surface area contributed by atoms with Gasteiger partial charge in [0.25, 0.3) is 0 Å². The molecule has 0 radical (unpaired) electrons. The van der Waals surface area contributed by atoms with E-state index in [1.807, 2.05) is 47.4 Å². The minimum absolute atomic E-state index is 0.100. The second-order valence-electron chi connectivity index (χ2n) is 5.14. The summed E-state index contributed by atoms with van der Waals surface area (Å²) in [4.78, 5) is 2.02. The Morgan fingerprint density at radius 1 is 0.773 bits per heavy atom. The fraction of sp³-hybridized carbons (Fsp3) is 0.333. The number of hydrogen-bond donors (Lipinski definition) is 2. The molecular weight excluding hydrogens is 278 g/mol. The zero-order valence-electron chi connectivity index (χ0n) is 12.7. The molecule has 22 heavy (non-hydrogen) atoms. The van der Waals surface area contributed by atoms with E-state index in [2.05, 4.69) is 12.1 Å². The van der Waals surface area contributed by atoms with E-state index in [4.69, 9.17) is 14.9 Å². The Kier molecular flexibility index (Phi) is 6.90. The van der Waals surface area contributed by atoms with Crippen LogP contribution in [0.25, 0.3) is 0 Å². The van der Waals surface area contributed by atoms with Crippen LogP contribution in [-0.2, 0) is 13.2 Å². The van der Waals surface area contributed by atoms with Crippen LogP contribution in [0.2, 0.25) is 0 Å². The van der Waals surface area contributed by atoms with Crippen LogP contribution in [0.5, 0.6) is 5.75 Å². The highest BCUT2D eigenvalue weighted by molar-refractivity contribution is 5.24. The first-order chi connectivity index (χ1) is 10.8. The summed E-state index contributed by atoms with van der Waals surface area (Å²) in [5.74, 6) is 0.864. The standard InChI is InChI=1S/C18H23NO3/c20-12-10-19(11-13-21)14-16-6-8-17(9-7-16)15-22-18-4-2-1-3-5-18/h1-9,20-21H,10-15H2. The minimum Gasteiger partial charge on any atom is -0.489 e. The second kappa shape index (κ2) is 9.20. The molecule has 0 fully saturated rings. The molecule has 0 saturated carbocycles. The van der Waals surface area contributed by atoms with Gasteiger partial charge in [0, 0.05) is 19.6 Å². The number of nitrogens with zero attached hydrogens (tertiary/aromatic N) is 1. The molecule has 0 saturated heterocycles. The zero-order valence-corrected chi connectivity index (χ0v) is 12.7. The number of hydrogen-bond acceptors (Lipinski definition) is 4. The lowest BCUT2D eigenvalue weighted by molar-refractivity contribution is 0.156. The molecule has 4 nitrogen and oxygen atoms in total. The molecule has 2 aromatic carbocycles. The van der Waals surface area contributed by atoms with Crippen LogP contribution in [0.3, 0.4) is 0 Å². The van der Waals surface area contributed by atoms with Crippen LogP contribution < -0.4 is 4.74 Å². The van der Waals surface area contributed by atoms with Crippen LogP contribution in [0.4, 0.5) is 0 Å². The van der Waals surface area contributed by atoms with Gasteiger partial charge in [-0.1, -0.05) is 42.5 Å². The van der Waals surface area contributed by atoms with Crippen molar-refractivity contribution in [2.45, 2.75) is 13.2 Å². The maximum Gasteiger partial charge on any atom is 0.119 e. The van der Waals surface area contributed by atoms with Crippen molar-refractivity contribution in [1.82, 2.24) is 4.90 Å². The zero-order chi connectivity index (χ0) is 15.6. The molecule has 2 N–H and O–H groups in total. The highest BCUT2D eigenvalue weighted by Crippen LogP contribution is 2.13. The average Bonchev–Trinajstić information content (AvgIpc) is 2.56. The Hall–Kier alpha value is -1.88. The van der Waals surface area contributed by atoms with Crippen LogP contribution in [0.1, 0.15) is 11.1 Å². The summed E-state index contributed by atoms with van der Waals surface area (Å²) in [6.07, 6.45) is 0. The third-order valence-electron chi connectivity index (χ3n) is 3.41. The Morgan fingerprint density at radius 3 is 1.95 bits per heavy atom. The van der Waals surface area contributed by atoms with Gasteiger partial charge in [0.2, 0.25) is 0 Å². The fourth-order valence-corrected chi connectivity index (χ4v) is 2.24. The van der Waals surface area contributed by atoms with Crippen LogP contribution in [0.15, 0.2) is 54.6 Å². The van der Waals surface area contributed by atoms with Crippen LogP contribution in [-0.4, -0.2) is 41.4 Å². The molecule has 2 rings (SSSR count). The first-order valence-electron chi connectivity index (χ1n) is 7.51. The molecule has 0 aliphatic rings. The van der Waals surface area contributed by atoms with E-state index in [9.17, 15) is 0 Å². The summed E-state index contributed by atoms with van der Waals surface area (Å²) in [5.41, 5.74) is 2.27. The van der Waals surface area contributed by atoms with Gasteiger partial charge in [-0.2, -0.15) is 0 Å². The molecule has 0 bridgehead atoms. The third kappa shape index (κ3) is 5.48. The monoisotopic (exact) mass is 301 g/mol. The summed E-state index contributed by atoms with van der Waals surface area (Å²) < 4.78 is 5.71. The van der Waals surface area contributed by atoms with Crippen molar-refractivity contribution < 1.29 is 14.9 Å². The molecule has 0 spiro atoms. The fourth-order valence-electron chi connectivity index (χ4n) is 2.24. The molecular formula is C18H23NO3. The normalized spacial score (nSPS) is 10.9. The summed E-state index contributed by atoms with van der Waals surface area (Å²) in [6.45, 7) is 2.60. The highest BCUT2D eigenvalue weighted by Gasteiger charge is 2.05. The van der Waals surface area contributed by atoms with E-state index in [0.717, 1.165) is 23.4 Å². The van der Waals surface area contributed by atoms with Gasteiger partial charge in [0.1, 0.15) is 12.4 Å². The van der Waals surface area contributed by atoms with E-state index in [0.29, 0.717) is 19.7 Å². The SMILES string of the molecule is OCCN(CCO)Cc1ccc(COc2ccccc2)cc1. The first-order valence-corrected chi connectivity index (χ1v) is 7.51. The van der Waals surface area contributed by atoms with Crippen molar-refractivity contribution in [3.63, 3.8) is 0 Å². The number of para-hydroxylation sites is 1. The summed E-state index contributed by atoms with van der Waals surface area (Å²) in [7, 11) is 0. The lowest BCUT2D eigenvalue weighted by atomic mass is 10.1. The van der Waals surface area contributed by atoms with Gasteiger partial charge in [-0.25, -0.2) is 0 Å². The van der Waals surface area contributed by atoms with E-state index in [-0.39, 0.29) is 13.2 Å². The van der Waals surface area contributed by atoms with Gasteiger partial charge in [-0.05, 0) is 23.3 Å². The Labute approximate surface area is 131 Å². The molecule has 0 aromatic heterocycles. The number of rotatable bonds is 9.